The Bertz CT molecular complexity index is 1200. The minimum Gasteiger partial charge on any atom is -0.733 e. The van der Waals surface area contributed by atoms with Gasteiger partial charge in [0.1, 0.15) is 24.7 Å². The normalized spacial score (nSPS) is 15.2. The summed E-state index contributed by atoms with van der Waals surface area (Å²) in [6.07, 6.45) is 9.68. The Morgan fingerprint density at radius 3 is 1.52 bits per heavy atom. The fourth-order valence-corrected chi connectivity index (χ4v) is 4.22. The molecule has 4 heterocycles. The number of ether oxygens (including phenoxy) is 2. The summed E-state index contributed by atoms with van der Waals surface area (Å²) in [5.41, 5.74) is 2.41. The molecule has 0 saturated carbocycles. The van der Waals surface area contributed by atoms with Crippen LogP contribution in [0.2, 0.25) is 0 Å². The molecule has 0 aliphatic carbocycles. The predicted octanol–water partition coefficient (Wildman–Crippen LogP) is 5.82. The van der Waals surface area contributed by atoms with Crippen LogP contribution >= 0.6 is 0 Å². The SMILES string of the molecule is [O-]N(O)c1cc2ccc1OCc1cccc(n1)COc1ccc(cc1N([O-])O)C=NCCCCCCCCN=C2. The molecule has 11 nitrogen and oxygen atoms in total. The van der Waals surface area contributed by atoms with Gasteiger partial charge in [-0.3, -0.25) is 25.4 Å². The van der Waals surface area contributed by atoms with Gasteiger partial charge in [0.05, 0.1) is 22.8 Å². The lowest BCUT2D eigenvalue weighted by atomic mass is 10.1. The highest BCUT2D eigenvalue weighted by molar-refractivity contribution is 5.83. The fraction of sp³-hybridized carbons (Fsp3) is 0.345. The maximum atomic E-state index is 11.8. The maximum absolute atomic E-state index is 11.8. The highest BCUT2D eigenvalue weighted by atomic mass is 16.8. The first kappa shape index (κ1) is 29.0. The number of rotatable bonds is 2. The van der Waals surface area contributed by atoms with E-state index in [0.717, 1.165) is 38.5 Å². The highest BCUT2D eigenvalue weighted by Crippen LogP contribution is 2.30. The maximum Gasteiger partial charge on any atom is 0.144 e. The molecule has 40 heavy (non-hydrogen) atoms. The van der Waals surface area contributed by atoms with Gasteiger partial charge in [0, 0.05) is 25.5 Å². The Balaban J connectivity index is 1.52. The number of hydrogen-bond donors (Lipinski definition) is 2. The van der Waals surface area contributed by atoms with E-state index in [0.29, 0.717) is 35.6 Å². The number of nitrogens with zero attached hydrogens (tertiary/aromatic N) is 5. The number of anilines is 2. The van der Waals surface area contributed by atoms with Crippen LogP contribution in [0.15, 0.2) is 64.6 Å². The van der Waals surface area contributed by atoms with Gasteiger partial charge in [0.25, 0.3) is 0 Å². The van der Waals surface area contributed by atoms with Crippen molar-refractivity contribution in [2.45, 2.75) is 51.7 Å². The molecule has 0 saturated heterocycles. The van der Waals surface area contributed by atoms with Crippen LogP contribution in [0.1, 0.15) is 61.0 Å². The Morgan fingerprint density at radius 1 is 0.625 bits per heavy atom. The smallest absolute Gasteiger partial charge is 0.144 e. The third kappa shape index (κ3) is 8.75. The van der Waals surface area contributed by atoms with Crippen LogP contribution in [0.25, 0.3) is 0 Å². The van der Waals surface area contributed by atoms with E-state index < -0.39 is 0 Å². The Morgan fingerprint density at radius 2 is 1.07 bits per heavy atom. The Hall–Kier alpha value is -4.03. The minimum absolute atomic E-state index is 0.0341. The summed E-state index contributed by atoms with van der Waals surface area (Å²) >= 11 is 0. The van der Waals surface area contributed by atoms with Crippen molar-refractivity contribution in [1.82, 2.24) is 4.98 Å². The second-order valence-corrected chi connectivity index (χ2v) is 9.39. The molecule has 2 aromatic carbocycles. The molecule has 2 N–H and O–H groups in total. The summed E-state index contributed by atoms with van der Waals surface area (Å²) in [4.78, 5) is 13.4. The van der Waals surface area contributed by atoms with Crippen molar-refractivity contribution in [2.24, 2.45) is 9.98 Å². The van der Waals surface area contributed by atoms with Gasteiger partial charge in [-0.05, 0) is 72.5 Å². The van der Waals surface area contributed by atoms with Crippen molar-refractivity contribution in [3.05, 3.63) is 87.5 Å². The lowest BCUT2D eigenvalue weighted by Crippen LogP contribution is -2.11. The third-order valence-electron chi connectivity index (χ3n) is 6.30. The summed E-state index contributed by atoms with van der Waals surface area (Å²) in [5, 5.41) is 42.4. The molecule has 1 aromatic heterocycles. The number of benzene rings is 2. The molecule has 6 rings (SSSR count). The van der Waals surface area contributed by atoms with Crippen LogP contribution in [0.3, 0.4) is 0 Å². The fourth-order valence-electron chi connectivity index (χ4n) is 4.22. The molecule has 11 heteroatoms. The first-order valence-electron chi connectivity index (χ1n) is 13.3. The van der Waals surface area contributed by atoms with Gasteiger partial charge in [0.15, 0.2) is 0 Å². The number of aromatic nitrogens is 1. The Kier molecular flexibility index (Phi) is 10.8. The first-order chi connectivity index (χ1) is 19.5. The molecular formula is C29H33N5O6-2. The van der Waals surface area contributed by atoms with Gasteiger partial charge >= 0.3 is 0 Å². The quantitative estimate of drug-likeness (QED) is 0.378. The Labute approximate surface area is 233 Å². The zero-order valence-corrected chi connectivity index (χ0v) is 22.2. The van der Waals surface area contributed by atoms with E-state index in [4.69, 9.17) is 9.47 Å². The average molecular weight is 548 g/mol. The average Bonchev–Trinajstić information content (AvgIpc) is 2.95. The van der Waals surface area contributed by atoms with Crippen molar-refractivity contribution in [1.29, 1.82) is 0 Å². The molecule has 0 amide bonds. The van der Waals surface area contributed by atoms with Gasteiger partial charge in [-0.1, -0.05) is 31.7 Å². The van der Waals surface area contributed by atoms with Crippen molar-refractivity contribution >= 4 is 23.8 Å². The van der Waals surface area contributed by atoms with Crippen LogP contribution in [0, 0.1) is 10.4 Å². The molecule has 0 atom stereocenters. The third-order valence-corrected chi connectivity index (χ3v) is 6.30. The van der Waals surface area contributed by atoms with Crippen molar-refractivity contribution in [3.63, 3.8) is 0 Å². The number of fused-ring (bicyclic) bond motifs is 2. The standard InChI is InChI=1S/C29H33N5O6/c35-33(36)26-16-22-10-12-28(26)39-20-24-8-7-9-25(32-24)21-40-29-13-11-23(17-27(29)34(37)38)19-31-15-6-4-2-1-3-5-14-30-18-22/h7-13,16-19,35,37H,1-6,14-15,20-21H2/q-2. The summed E-state index contributed by atoms with van der Waals surface area (Å²) < 4.78 is 11.6. The van der Waals surface area contributed by atoms with E-state index in [2.05, 4.69) is 15.0 Å². The molecule has 212 valence electrons. The zero-order chi connectivity index (χ0) is 28.2. The van der Waals surface area contributed by atoms with Gasteiger partial charge in [-0.25, -0.2) is 0 Å². The zero-order valence-electron chi connectivity index (χ0n) is 22.2. The van der Waals surface area contributed by atoms with E-state index in [1.54, 1.807) is 54.9 Å². The summed E-state index contributed by atoms with van der Waals surface area (Å²) in [6, 6.07) is 15.1. The van der Waals surface area contributed by atoms with E-state index in [1.807, 2.05) is 0 Å². The summed E-state index contributed by atoms with van der Waals surface area (Å²) in [7, 11) is 0. The second-order valence-electron chi connectivity index (χ2n) is 9.39. The molecule has 0 unspecified atom stereocenters. The topological polar surface area (TPSA) is 149 Å². The monoisotopic (exact) mass is 547 g/mol. The van der Waals surface area contributed by atoms with Gasteiger partial charge in [0.2, 0.25) is 0 Å². The number of pyridine rings is 1. The number of aliphatic imine (C=N–C) groups is 2. The molecule has 0 fully saturated rings. The largest absolute Gasteiger partial charge is 0.733 e. The minimum atomic E-state index is -0.226. The van der Waals surface area contributed by atoms with Crippen LogP contribution in [0.4, 0.5) is 11.4 Å². The van der Waals surface area contributed by atoms with E-state index in [9.17, 15) is 20.8 Å². The van der Waals surface area contributed by atoms with Gasteiger partial charge < -0.3 is 30.3 Å². The number of hydrogen-bond acceptors (Lipinski definition) is 11. The second kappa shape index (κ2) is 14.9. The van der Waals surface area contributed by atoms with Crippen LogP contribution in [-0.2, 0) is 13.2 Å². The summed E-state index contributed by atoms with van der Waals surface area (Å²) in [5.74, 6) is 0.393. The van der Waals surface area contributed by atoms with Crippen molar-refractivity contribution in [3.8, 4) is 11.5 Å². The van der Waals surface area contributed by atoms with Crippen LogP contribution in [-0.4, -0.2) is 40.9 Å². The van der Waals surface area contributed by atoms with E-state index in [-0.39, 0.29) is 46.5 Å². The molecule has 3 aliphatic heterocycles. The van der Waals surface area contributed by atoms with E-state index >= 15 is 0 Å². The molecule has 0 spiro atoms. The van der Waals surface area contributed by atoms with E-state index in [1.165, 1.54) is 12.1 Å². The van der Waals surface area contributed by atoms with Crippen molar-refractivity contribution in [2.75, 3.05) is 23.5 Å². The molecule has 6 bridgehead atoms. The molecule has 3 aliphatic rings. The first-order valence-corrected chi connectivity index (χ1v) is 13.3. The lowest BCUT2D eigenvalue weighted by Gasteiger charge is -2.25. The lowest BCUT2D eigenvalue weighted by molar-refractivity contribution is 0.268. The van der Waals surface area contributed by atoms with Crippen LogP contribution in [0.5, 0.6) is 11.5 Å². The molecular weight excluding hydrogens is 514 g/mol. The van der Waals surface area contributed by atoms with Gasteiger partial charge in [-0.2, -0.15) is 0 Å². The molecule has 0 radical (unpaired) electrons. The predicted molar refractivity (Wildman–Crippen MR) is 154 cm³/mol. The highest BCUT2D eigenvalue weighted by Gasteiger charge is 2.10. The van der Waals surface area contributed by atoms with Crippen molar-refractivity contribution < 1.29 is 19.9 Å². The van der Waals surface area contributed by atoms with Crippen LogP contribution < -0.4 is 19.9 Å². The molecule has 3 aromatic rings. The summed E-state index contributed by atoms with van der Waals surface area (Å²) in [6.45, 7) is 1.43. The van der Waals surface area contributed by atoms with Gasteiger partial charge in [-0.15, -0.1) is 0 Å².